The van der Waals surface area contributed by atoms with Gasteiger partial charge in [0.05, 0.1) is 13.0 Å². The minimum atomic E-state index is -0.834. The summed E-state index contributed by atoms with van der Waals surface area (Å²) in [6.07, 6.45) is 6.95. The van der Waals surface area contributed by atoms with Crippen LogP contribution in [0.2, 0.25) is 0 Å². The Hall–Kier alpha value is -3.72. The van der Waals surface area contributed by atoms with Gasteiger partial charge in [-0.3, -0.25) is 4.79 Å². The number of rotatable bonds is 11. The summed E-state index contributed by atoms with van der Waals surface area (Å²) in [6.45, 7) is 4.08. The van der Waals surface area contributed by atoms with Gasteiger partial charge in [-0.2, -0.15) is 0 Å². The Morgan fingerprint density at radius 3 is 2.77 bits per heavy atom. The number of carbonyl (C=O) groups is 1. The fourth-order valence-electron chi connectivity index (χ4n) is 3.58. The molecule has 0 spiro atoms. The van der Waals surface area contributed by atoms with Crippen LogP contribution >= 0.6 is 11.8 Å². The minimum absolute atomic E-state index is 0.0208. The van der Waals surface area contributed by atoms with Crippen LogP contribution in [0.15, 0.2) is 70.9 Å². The maximum Gasteiger partial charge on any atom is 0.307 e. The largest absolute Gasteiger partial charge is 0.493 e. The number of nitrogens with one attached hydrogen (secondary N) is 2. The lowest BCUT2D eigenvalue weighted by Gasteiger charge is -2.14. The lowest BCUT2D eigenvalue weighted by Crippen LogP contribution is -2.10. The maximum atomic E-state index is 10.9. The highest BCUT2D eigenvalue weighted by atomic mass is 32.2. The van der Waals surface area contributed by atoms with Crippen molar-refractivity contribution >= 4 is 29.0 Å². The SMILES string of the molecule is CCCOc1cc(Sc2nnc(C3=CCNC=C3)n2C)ccc1CNc1ccc(CC(=O)O)cc1. The quantitative estimate of drug-likeness (QED) is 0.361. The summed E-state index contributed by atoms with van der Waals surface area (Å²) in [5.41, 5.74) is 3.79. The van der Waals surface area contributed by atoms with Gasteiger partial charge >= 0.3 is 5.97 Å². The molecule has 0 amide bonds. The van der Waals surface area contributed by atoms with Crippen molar-refractivity contribution in [3.05, 3.63) is 77.8 Å². The Balaban J connectivity index is 1.47. The molecule has 1 aromatic heterocycles. The first-order chi connectivity index (χ1) is 17.0. The lowest BCUT2D eigenvalue weighted by molar-refractivity contribution is -0.136. The van der Waals surface area contributed by atoms with Crippen LogP contribution in [-0.2, 0) is 24.8 Å². The molecule has 9 heteroatoms. The Morgan fingerprint density at radius 1 is 1.23 bits per heavy atom. The van der Waals surface area contributed by atoms with E-state index in [4.69, 9.17) is 9.84 Å². The van der Waals surface area contributed by atoms with Crippen molar-refractivity contribution < 1.29 is 14.6 Å². The molecular formula is C26H29N5O3S. The Morgan fingerprint density at radius 2 is 2.06 bits per heavy atom. The van der Waals surface area contributed by atoms with E-state index >= 15 is 0 Å². The summed E-state index contributed by atoms with van der Waals surface area (Å²) in [5, 5.41) is 25.1. The van der Waals surface area contributed by atoms with Gasteiger partial charge in [-0.25, -0.2) is 0 Å². The van der Waals surface area contributed by atoms with Crippen LogP contribution in [0.4, 0.5) is 5.69 Å². The number of aromatic nitrogens is 3. The molecule has 0 fully saturated rings. The summed E-state index contributed by atoms with van der Waals surface area (Å²) in [7, 11) is 1.98. The Bertz CT molecular complexity index is 1230. The van der Waals surface area contributed by atoms with Crippen LogP contribution in [0.5, 0.6) is 5.75 Å². The van der Waals surface area contributed by atoms with Crippen molar-refractivity contribution in [2.75, 3.05) is 18.5 Å². The third kappa shape index (κ3) is 6.45. The van der Waals surface area contributed by atoms with Crippen molar-refractivity contribution in [1.82, 2.24) is 20.1 Å². The van der Waals surface area contributed by atoms with Crippen LogP contribution in [0, 0.1) is 0 Å². The Labute approximate surface area is 209 Å². The average Bonchev–Trinajstić information content (AvgIpc) is 3.23. The van der Waals surface area contributed by atoms with Crippen LogP contribution in [0.1, 0.15) is 30.3 Å². The van der Waals surface area contributed by atoms with E-state index in [9.17, 15) is 4.79 Å². The highest BCUT2D eigenvalue weighted by Crippen LogP contribution is 2.32. The molecule has 8 nitrogen and oxygen atoms in total. The van der Waals surface area contributed by atoms with Crippen molar-refractivity contribution in [3.8, 4) is 5.75 Å². The van der Waals surface area contributed by atoms with Gasteiger partial charge in [-0.1, -0.05) is 31.2 Å². The van der Waals surface area contributed by atoms with Gasteiger partial charge in [0, 0.05) is 41.9 Å². The number of aliphatic carboxylic acids is 1. The van der Waals surface area contributed by atoms with Gasteiger partial charge < -0.3 is 25.0 Å². The predicted molar refractivity (Wildman–Crippen MR) is 138 cm³/mol. The Kier molecular flexibility index (Phi) is 8.10. The summed E-state index contributed by atoms with van der Waals surface area (Å²) in [5.74, 6) is 0.834. The molecule has 0 aliphatic carbocycles. The second kappa shape index (κ2) is 11.6. The van der Waals surface area contributed by atoms with Crippen molar-refractivity contribution in [2.45, 2.75) is 36.4 Å². The van der Waals surface area contributed by atoms with E-state index in [1.165, 1.54) is 0 Å². The maximum absolute atomic E-state index is 10.9. The molecule has 3 aromatic rings. The molecule has 35 heavy (non-hydrogen) atoms. The molecule has 4 rings (SSSR count). The molecular weight excluding hydrogens is 462 g/mol. The molecule has 0 unspecified atom stereocenters. The standard InChI is InChI=1S/C26H29N5O3S/c1-3-14-34-23-16-22(35-26-30-29-25(31(26)2)19-10-12-27-13-11-19)9-6-20(23)17-28-21-7-4-18(5-8-21)15-24(32)33/h4-12,16,27-28H,3,13-15,17H2,1-2H3,(H,32,33). The van der Waals surface area contributed by atoms with Crippen LogP contribution in [-0.4, -0.2) is 39.0 Å². The second-order valence-electron chi connectivity index (χ2n) is 8.11. The smallest absolute Gasteiger partial charge is 0.307 e. The molecule has 2 aromatic carbocycles. The summed E-state index contributed by atoms with van der Waals surface area (Å²) in [4.78, 5) is 11.9. The normalized spacial score (nSPS) is 12.7. The van der Waals surface area contributed by atoms with Gasteiger partial charge in [-0.15, -0.1) is 10.2 Å². The molecule has 0 bridgehead atoms. The number of carboxylic acids is 1. The van der Waals surface area contributed by atoms with Crippen molar-refractivity contribution in [1.29, 1.82) is 0 Å². The zero-order valence-electron chi connectivity index (χ0n) is 19.8. The van der Waals surface area contributed by atoms with E-state index in [-0.39, 0.29) is 6.42 Å². The molecule has 1 aliphatic rings. The molecule has 0 radical (unpaired) electrons. The topological polar surface area (TPSA) is 101 Å². The number of allylic oxidation sites excluding steroid dienone is 2. The van der Waals surface area contributed by atoms with E-state index in [0.717, 1.165) is 57.0 Å². The molecule has 1 aliphatic heterocycles. The fraction of sp³-hybridized carbons (Fsp3) is 0.269. The van der Waals surface area contributed by atoms with Crippen molar-refractivity contribution in [2.24, 2.45) is 7.05 Å². The first-order valence-electron chi connectivity index (χ1n) is 11.5. The number of anilines is 1. The number of carboxylic acid groups (broad SMARTS) is 1. The molecule has 0 saturated heterocycles. The highest BCUT2D eigenvalue weighted by Gasteiger charge is 2.15. The molecule has 0 atom stereocenters. The number of ether oxygens (including phenoxy) is 1. The number of hydrogen-bond acceptors (Lipinski definition) is 7. The van der Waals surface area contributed by atoms with Crippen LogP contribution in [0.25, 0.3) is 5.57 Å². The zero-order chi connectivity index (χ0) is 24.6. The van der Waals surface area contributed by atoms with E-state index in [2.05, 4.69) is 46.0 Å². The van der Waals surface area contributed by atoms with Crippen molar-refractivity contribution in [3.63, 3.8) is 0 Å². The molecule has 0 saturated carbocycles. The lowest BCUT2D eigenvalue weighted by atomic mass is 10.1. The first kappa shape index (κ1) is 24.4. The number of nitrogens with zero attached hydrogens (tertiary/aromatic N) is 3. The van der Waals surface area contributed by atoms with E-state index in [0.29, 0.717) is 13.2 Å². The summed E-state index contributed by atoms with van der Waals surface area (Å²) < 4.78 is 8.06. The first-order valence-corrected chi connectivity index (χ1v) is 12.3. The summed E-state index contributed by atoms with van der Waals surface area (Å²) >= 11 is 1.55. The highest BCUT2D eigenvalue weighted by molar-refractivity contribution is 7.99. The third-order valence-corrected chi connectivity index (χ3v) is 6.44. The number of dihydropyridines is 1. The van der Waals surface area contributed by atoms with Gasteiger partial charge in [0.25, 0.3) is 0 Å². The van der Waals surface area contributed by atoms with E-state index < -0.39 is 5.97 Å². The van der Waals surface area contributed by atoms with Gasteiger partial charge in [0.15, 0.2) is 11.0 Å². The predicted octanol–water partition coefficient (Wildman–Crippen LogP) is 4.49. The molecule has 3 N–H and O–H groups in total. The van der Waals surface area contributed by atoms with Crippen LogP contribution in [0.3, 0.4) is 0 Å². The van der Waals surface area contributed by atoms with E-state index in [1.54, 1.807) is 11.8 Å². The van der Waals surface area contributed by atoms with Gasteiger partial charge in [-0.05, 0) is 60.3 Å². The average molecular weight is 492 g/mol. The second-order valence-corrected chi connectivity index (χ2v) is 9.15. The van der Waals surface area contributed by atoms with Crippen LogP contribution < -0.4 is 15.4 Å². The minimum Gasteiger partial charge on any atom is -0.493 e. The number of benzene rings is 2. The zero-order valence-corrected chi connectivity index (χ0v) is 20.6. The summed E-state index contributed by atoms with van der Waals surface area (Å²) in [6, 6.07) is 13.6. The fourth-order valence-corrected chi connectivity index (χ4v) is 4.40. The monoisotopic (exact) mass is 491 g/mol. The van der Waals surface area contributed by atoms with Gasteiger partial charge in [0.1, 0.15) is 5.75 Å². The van der Waals surface area contributed by atoms with Gasteiger partial charge in [0.2, 0.25) is 0 Å². The van der Waals surface area contributed by atoms with E-state index in [1.807, 2.05) is 54.2 Å². The molecule has 2 heterocycles. The molecule has 182 valence electrons. The number of hydrogen-bond donors (Lipinski definition) is 3. The third-order valence-electron chi connectivity index (χ3n) is 5.42.